The number of benzene rings is 1. The van der Waals surface area contributed by atoms with Crippen molar-refractivity contribution in [2.75, 3.05) is 25.5 Å². The molecule has 0 unspecified atom stereocenters. The van der Waals surface area contributed by atoms with E-state index in [1.54, 1.807) is 36.7 Å². The summed E-state index contributed by atoms with van der Waals surface area (Å²) in [6, 6.07) is 8.75. The molecule has 1 amide bonds. The fourth-order valence-electron chi connectivity index (χ4n) is 2.67. The smallest absolute Gasteiger partial charge is 0.337 e. The highest BCUT2D eigenvalue weighted by molar-refractivity contribution is 5.95. The average molecular weight is 355 g/mol. The van der Waals surface area contributed by atoms with Crippen molar-refractivity contribution in [3.8, 4) is 0 Å². The van der Waals surface area contributed by atoms with E-state index in [4.69, 9.17) is 4.74 Å². The third-order valence-corrected chi connectivity index (χ3v) is 3.83. The first kappa shape index (κ1) is 19.4. The van der Waals surface area contributed by atoms with Crippen LogP contribution in [0.5, 0.6) is 0 Å². The lowest BCUT2D eigenvalue weighted by Gasteiger charge is -2.21. The Labute approximate surface area is 154 Å². The first-order chi connectivity index (χ1) is 12.6. The summed E-state index contributed by atoms with van der Waals surface area (Å²) in [5.41, 5.74) is 2.40. The predicted octanol–water partition coefficient (Wildman–Crippen LogP) is 3.87. The molecule has 0 saturated heterocycles. The molecule has 0 fully saturated rings. The second-order valence-corrected chi connectivity index (χ2v) is 5.95. The second kappa shape index (κ2) is 9.56. The number of carbonyl (C=O) groups excluding carboxylic acids is 2. The molecule has 0 atom stereocenters. The van der Waals surface area contributed by atoms with Crippen LogP contribution in [0.1, 0.15) is 47.4 Å². The van der Waals surface area contributed by atoms with E-state index in [0.29, 0.717) is 16.8 Å². The van der Waals surface area contributed by atoms with E-state index >= 15 is 0 Å². The lowest BCUT2D eigenvalue weighted by atomic mass is 10.2. The fraction of sp³-hybridized carbons (Fsp3) is 0.350. The Morgan fingerprint density at radius 3 is 2.38 bits per heavy atom. The van der Waals surface area contributed by atoms with Gasteiger partial charge in [-0.15, -0.1) is 0 Å². The lowest BCUT2D eigenvalue weighted by molar-refractivity contribution is 0.0600. The molecule has 26 heavy (non-hydrogen) atoms. The quantitative estimate of drug-likeness (QED) is 0.728. The zero-order valence-electron chi connectivity index (χ0n) is 15.5. The summed E-state index contributed by atoms with van der Waals surface area (Å²) < 4.78 is 4.74. The molecule has 2 aromatic rings. The summed E-state index contributed by atoms with van der Waals surface area (Å²) in [6.07, 6.45) is 5.05. The number of ether oxygens (including phenoxy) is 1. The van der Waals surface area contributed by atoms with Crippen molar-refractivity contribution in [1.82, 2.24) is 9.88 Å². The second-order valence-electron chi connectivity index (χ2n) is 5.95. The number of methoxy groups -OCH3 is 1. The molecule has 0 aliphatic carbocycles. The molecule has 1 N–H and O–H groups in total. The largest absolute Gasteiger partial charge is 0.465 e. The molecule has 1 aromatic heterocycles. The highest BCUT2D eigenvalue weighted by Crippen LogP contribution is 2.19. The molecule has 0 saturated carbocycles. The minimum absolute atomic E-state index is 0.0202. The van der Waals surface area contributed by atoms with E-state index in [-0.39, 0.29) is 5.91 Å². The Hall–Kier alpha value is -2.89. The minimum Gasteiger partial charge on any atom is -0.465 e. The van der Waals surface area contributed by atoms with Crippen molar-refractivity contribution in [2.45, 2.75) is 26.7 Å². The molecule has 0 bridgehead atoms. The zero-order valence-corrected chi connectivity index (χ0v) is 15.5. The third-order valence-electron chi connectivity index (χ3n) is 3.83. The number of nitrogens with zero attached hydrogens (tertiary/aromatic N) is 2. The van der Waals surface area contributed by atoms with Gasteiger partial charge < -0.3 is 15.0 Å². The number of amides is 1. The highest BCUT2D eigenvalue weighted by Gasteiger charge is 2.15. The molecule has 0 radical (unpaired) electrons. The van der Waals surface area contributed by atoms with Crippen LogP contribution in [0.2, 0.25) is 0 Å². The van der Waals surface area contributed by atoms with Crippen LogP contribution >= 0.6 is 0 Å². The van der Waals surface area contributed by atoms with Gasteiger partial charge in [0.1, 0.15) is 0 Å². The Morgan fingerprint density at radius 1 is 1.04 bits per heavy atom. The SMILES string of the molecule is CCCN(CCC)C(=O)c1cncc(Nc2cccc(C(=O)OC)c2)c1. The average Bonchev–Trinajstić information content (AvgIpc) is 2.67. The van der Waals surface area contributed by atoms with Gasteiger partial charge in [0.15, 0.2) is 0 Å². The summed E-state index contributed by atoms with van der Waals surface area (Å²) in [5.74, 6) is -0.418. The number of anilines is 2. The minimum atomic E-state index is -0.398. The van der Waals surface area contributed by atoms with Gasteiger partial charge in [-0.25, -0.2) is 4.79 Å². The lowest BCUT2D eigenvalue weighted by Crippen LogP contribution is -2.32. The summed E-state index contributed by atoms with van der Waals surface area (Å²) in [6.45, 7) is 5.57. The van der Waals surface area contributed by atoms with Crippen LogP contribution in [0.25, 0.3) is 0 Å². The first-order valence-electron chi connectivity index (χ1n) is 8.78. The number of hydrogen-bond donors (Lipinski definition) is 1. The van der Waals surface area contributed by atoms with E-state index < -0.39 is 5.97 Å². The van der Waals surface area contributed by atoms with E-state index in [2.05, 4.69) is 24.1 Å². The molecule has 0 aliphatic heterocycles. The molecule has 2 rings (SSSR count). The topological polar surface area (TPSA) is 71.5 Å². The van der Waals surface area contributed by atoms with Gasteiger partial charge in [-0.1, -0.05) is 19.9 Å². The number of rotatable bonds is 8. The van der Waals surface area contributed by atoms with Gasteiger partial charge in [-0.05, 0) is 37.1 Å². The van der Waals surface area contributed by atoms with Gasteiger partial charge in [0.2, 0.25) is 0 Å². The predicted molar refractivity (Wildman–Crippen MR) is 102 cm³/mol. The van der Waals surface area contributed by atoms with Gasteiger partial charge in [0.05, 0.1) is 30.1 Å². The first-order valence-corrected chi connectivity index (χ1v) is 8.78. The van der Waals surface area contributed by atoms with Crippen LogP contribution in [-0.4, -0.2) is 42.0 Å². The normalized spacial score (nSPS) is 10.3. The number of pyridine rings is 1. The molecule has 1 heterocycles. The third kappa shape index (κ3) is 5.05. The van der Waals surface area contributed by atoms with Gasteiger partial charge in [0.25, 0.3) is 5.91 Å². The standard InChI is InChI=1S/C20H25N3O3/c1-4-9-23(10-5-2)19(24)16-12-18(14-21-13-16)22-17-8-6-7-15(11-17)20(25)26-3/h6-8,11-14,22H,4-5,9-10H2,1-3H3. The Kier molecular flexibility index (Phi) is 7.14. The van der Waals surface area contributed by atoms with Gasteiger partial charge >= 0.3 is 5.97 Å². The maximum atomic E-state index is 12.7. The number of esters is 1. The van der Waals surface area contributed by atoms with Gasteiger partial charge in [0, 0.05) is 25.0 Å². The summed E-state index contributed by atoms with van der Waals surface area (Å²) in [5, 5.41) is 3.18. The molecule has 1 aromatic carbocycles. The fourth-order valence-corrected chi connectivity index (χ4v) is 2.67. The summed E-state index contributed by atoms with van der Waals surface area (Å²) in [7, 11) is 1.35. The molecular weight excluding hydrogens is 330 g/mol. The van der Waals surface area contributed by atoms with Crippen LogP contribution in [0.3, 0.4) is 0 Å². The number of carbonyl (C=O) groups is 2. The maximum Gasteiger partial charge on any atom is 0.337 e. The Morgan fingerprint density at radius 2 is 1.73 bits per heavy atom. The van der Waals surface area contributed by atoms with E-state index in [9.17, 15) is 9.59 Å². The highest BCUT2D eigenvalue weighted by atomic mass is 16.5. The van der Waals surface area contributed by atoms with Crippen LogP contribution in [0.15, 0.2) is 42.7 Å². The van der Waals surface area contributed by atoms with Crippen molar-refractivity contribution in [2.24, 2.45) is 0 Å². The van der Waals surface area contributed by atoms with Crippen molar-refractivity contribution < 1.29 is 14.3 Å². The molecular formula is C20H25N3O3. The van der Waals surface area contributed by atoms with E-state index in [0.717, 1.165) is 31.6 Å². The molecule has 0 spiro atoms. The van der Waals surface area contributed by atoms with E-state index in [1.807, 2.05) is 11.0 Å². The van der Waals surface area contributed by atoms with Crippen LogP contribution in [0, 0.1) is 0 Å². The monoisotopic (exact) mass is 355 g/mol. The molecule has 0 aliphatic rings. The van der Waals surface area contributed by atoms with Crippen LogP contribution in [0.4, 0.5) is 11.4 Å². The maximum absolute atomic E-state index is 12.7. The van der Waals surface area contributed by atoms with Crippen molar-refractivity contribution in [1.29, 1.82) is 0 Å². The summed E-state index contributed by atoms with van der Waals surface area (Å²) >= 11 is 0. The zero-order chi connectivity index (χ0) is 18.9. The van der Waals surface area contributed by atoms with Crippen molar-refractivity contribution in [3.05, 3.63) is 53.9 Å². The van der Waals surface area contributed by atoms with Gasteiger partial charge in [-0.3, -0.25) is 9.78 Å². The number of hydrogen-bond acceptors (Lipinski definition) is 5. The van der Waals surface area contributed by atoms with Crippen LogP contribution in [-0.2, 0) is 4.74 Å². The summed E-state index contributed by atoms with van der Waals surface area (Å²) in [4.78, 5) is 30.4. The Bertz CT molecular complexity index is 755. The Balaban J connectivity index is 2.19. The van der Waals surface area contributed by atoms with Crippen molar-refractivity contribution in [3.63, 3.8) is 0 Å². The number of aromatic nitrogens is 1. The number of nitrogens with one attached hydrogen (secondary N) is 1. The van der Waals surface area contributed by atoms with Crippen molar-refractivity contribution >= 4 is 23.3 Å². The van der Waals surface area contributed by atoms with Gasteiger partial charge in [-0.2, -0.15) is 0 Å². The van der Waals surface area contributed by atoms with E-state index in [1.165, 1.54) is 7.11 Å². The van der Waals surface area contributed by atoms with Crippen LogP contribution < -0.4 is 5.32 Å². The molecule has 6 heteroatoms. The molecule has 138 valence electrons. The molecule has 6 nitrogen and oxygen atoms in total.